The quantitative estimate of drug-likeness (QED) is 0.381. The van der Waals surface area contributed by atoms with Crippen LogP contribution < -0.4 is 4.31 Å². The van der Waals surface area contributed by atoms with E-state index >= 15 is 0 Å². The summed E-state index contributed by atoms with van der Waals surface area (Å²) in [7, 11) is -2.24. The molecule has 40 heavy (non-hydrogen) atoms. The number of rotatable bonds is 8. The average molecular weight is 578 g/mol. The summed E-state index contributed by atoms with van der Waals surface area (Å²) < 4.78 is 57.0. The van der Waals surface area contributed by atoms with E-state index in [1.54, 1.807) is 26.0 Å². The molecule has 2 heterocycles. The predicted molar refractivity (Wildman–Crippen MR) is 153 cm³/mol. The van der Waals surface area contributed by atoms with Gasteiger partial charge in [0.15, 0.2) is 5.79 Å². The zero-order valence-electron chi connectivity index (χ0n) is 24.7. The molecule has 9 nitrogen and oxygen atoms in total. The summed E-state index contributed by atoms with van der Waals surface area (Å²) in [6, 6.07) is 5.83. The van der Waals surface area contributed by atoms with Crippen molar-refractivity contribution in [1.29, 1.82) is 0 Å². The largest absolute Gasteiger partial charge is 0.460 e. The van der Waals surface area contributed by atoms with Crippen LogP contribution in [0.5, 0.6) is 0 Å². The third-order valence-corrected chi connectivity index (χ3v) is 7.24. The van der Waals surface area contributed by atoms with Gasteiger partial charge in [-0.2, -0.15) is 0 Å². The van der Waals surface area contributed by atoms with Crippen molar-refractivity contribution in [1.82, 2.24) is 9.97 Å². The number of carbonyl (C=O) groups is 1. The minimum atomic E-state index is -3.63. The van der Waals surface area contributed by atoms with Gasteiger partial charge in [0.25, 0.3) is 0 Å². The lowest BCUT2D eigenvalue weighted by atomic mass is 9.97. The second kappa shape index (κ2) is 11.9. The van der Waals surface area contributed by atoms with Gasteiger partial charge >= 0.3 is 5.97 Å². The fourth-order valence-electron chi connectivity index (χ4n) is 4.36. The highest BCUT2D eigenvalue weighted by Crippen LogP contribution is 2.34. The van der Waals surface area contributed by atoms with Crippen LogP contribution in [0.2, 0.25) is 0 Å². The zero-order chi connectivity index (χ0) is 30.0. The summed E-state index contributed by atoms with van der Waals surface area (Å²) in [6.45, 7) is 12.9. The summed E-state index contributed by atoms with van der Waals surface area (Å²) in [6.07, 6.45) is 4.46. The highest BCUT2D eigenvalue weighted by Gasteiger charge is 2.36. The number of hydrogen-bond donors (Lipinski definition) is 0. The Hall–Kier alpha value is -2.89. The topological polar surface area (TPSA) is 108 Å². The van der Waals surface area contributed by atoms with Crippen molar-refractivity contribution >= 4 is 28.0 Å². The van der Waals surface area contributed by atoms with Crippen LogP contribution in [0.25, 0.3) is 17.3 Å². The van der Waals surface area contributed by atoms with E-state index in [4.69, 9.17) is 14.2 Å². The number of aromatic nitrogens is 2. The van der Waals surface area contributed by atoms with Gasteiger partial charge in [-0.25, -0.2) is 27.1 Å². The lowest BCUT2D eigenvalue weighted by molar-refractivity contribution is -0.290. The maximum atomic E-state index is 13.8. The SMILES string of the molecule is CC(C)c1nc(N(C)S(C)(=O)=O)nc(-c2ccc(F)cc2)c1/C=C/C1C[C@H](CC(=O)OC(C)(C)C)OC(C)(C)O1. The summed E-state index contributed by atoms with van der Waals surface area (Å²) in [5.41, 5.74) is 1.73. The van der Waals surface area contributed by atoms with Crippen LogP contribution in [0.1, 0.15) is 78.5 Å². The van der Waals surface area contributed by atoms with E-state index in [0.29, 0.717) is 28.9 Å². The van der Waals surface area contributed by atoms with Gasteiger partial charge in [-0.15, -0.1) is 0 Å². The van der Waals surface area contributed by atoms with Crippen LogP contribution in [0.4, 0.5) is 10.3 Å². The zero-order valence-corrected chi connectivity index (χ0v) is 25.5. The molecule has 11 heteroatoms. The minimum absolute atomic E-state index is 0.0172. The van der Waals surface area contributed by atoms with Crippen molar-refractivity contribution in [2.75, 3.05) is 17.6 Å². The molecule has 1 unspecified atom stereocenters. The Morgan fingerprint density at radius 2 is 1.82 bits per heavy atom. The number of benzene rings is 1. The van der Waals surface area contributed by atoms with Gasteiger partial charge in [0.2, 0.25) is 16.0 Å². The number of esters is 1. The van der Waals surface area contributed by atoms with Gasteiger partial charge in [-0.1, -0.05) is 26.0 Å². The molecule has 2 aromatic rings. The van der Waals surface area contributed by atoms with Crippen LogP contribution in [0.3, 0.4) is 0 Å². The highest BCUT2D eigenvalue weighted by atomic mass is 32.2. The molecule has 220 valence electrons. The first-order chi connectivity index (χ1) is 18.3. The monoisotopic (exact) mass is 577 g/mol. The smallest absolute Gasteiger partial charge is 0.308 e. The molecule has 2 atom stereocenters. The van der Waals surface area contributed by atoms with Gasteiger partial charge < -0.3 is 14.2 Å². The third-order valence-electron chi connectivity index (χ3n) is 6.08. The van der Waals surface area contributed by atoms with E-state index in [1.165, 1.54) is 19.2 Å². The van der Waals surface area contributed by atoms with E-state index in [-0.39, 0.29) is 24.3 Å². The molecule has 1 aromatic carbocycles. The predicted octanol–water partition coefficient (Wildman–Crippen LogP) is 5.46. The van der Waals surface area contributed by atoms with Gasteiger partial charge in [0.1, 0.15) is 11.4 Å². The second-order valence-electron chi connectivity index (χ2n) is 11.7. The third kappa shape index (κ3) is 8.55. The number of halogens is 1. The first kappa shape index (κ1) is 31.6. The molecule has 0 bridgehead atoms. The average Bonchev–Trinajstić information content (AvgIpc) is 2.79. The van der Waals surface area contributed by atoms with E-state index in [9.17, 15) is 17.6 Å². The number of anilines is 1. The normalized spacial score (nSPS) is 19.7. The summed E-state index contributed by atoms with van der Waals surface area (Å²) in [4.78, 5) is 21.7. The highest BCUT2D eigenvalue weighted by molar-refractivity contribution is 7.92. The fraction of sp³-hybridized carbons (Fsp3) is 0.552. The van der Waals surface area contributed by atoms with Crippen molar-refractivity contribution in [3.63, 3.8) is 0 Å². The maximum absolute atomic E-state index is 13.8. The lowest BCUT2D eigenvalue weighted by Gasteiger charge is -2.39. The standard InChI is InChI=1S/C29H40FN3O6S/c1-18(2)25-23(15-14-21-16-22(38-29(6,7)37-21)17-24(34)39-28(3,4)5)26(19-10-12-20(30)13-11-19)32-27(31-25)33(8)40(9,35)36/h10-15,18,21-22H,16-17H2,1-9H3/b15-14+/t21?,22-/m1/s1. The van der Waals surface area contributed by atoms with Crippen LogP contribution in [-0.4, -0.2) is 61.3 Å². The molecule has 0 spiro atoms. The van der Waals surface area contributed by atoms with E-state index in [2.05, 4.69) is 9.97 Å². The Morgan fingerprint density at radius 1 is 1.20 bits per heavy atom. The maximum Gasteiger partial charge on any atom is 0.308 e. The van der Waals surface area contributed by atoms with Crippen molar-refractivity contribution in [3.8, 4) is 11.3 Å². The molecule has 1 aliphatic heterocycles. The molecule has 0 saturated carbocycles. The summed E-state index contributed by atoms with van der Waals surface area (Å²) in [5, 5.41) is 0. The number of nitrogens with zero attached hydrogens (tertiary/aromatic N) is 3. The molecule has 0 aliphatic carbocycles. The second-order valence-corrected chi connectivity index (χ2v) is 13.8. The molecule has 1 aliphatic rings. The van der Waals surface area contributed by atoms with E-state index in [1.807, 2.05) is 46.8 Å². The number of carbonyl (C=O) groups excluding carboxylic acids is 1. The first-order valence-corrected chi connectivity index (χ1v) is 15.1. The van der Waals surface area contributed by atoms with Gasteiger partial charge in [-0.3, -0.25) is 4.79 Å². The van der Waals surface area contributed by atoms with Gasteiger partial charge in [0, 0.05) is 24.6 Å². The number of sulfonamides is 1. The molecule has 0 amide bonds. The Balaban J connectivity index is 2.04. The first-order valence-electron chi connectivity index (χ1n) is 13.2. The molecular formula is C29H40FN3O6S. The molecular weight excluding hydrogens is 537 g/mol. The number of ether oxygens (including phenoxy) is 3. The van der Waals surface area contributed by atoms with Crippen molar-refractivity contribution in [3.05, 3.63) is 47.4 Å². The van der Waals surface area contributed by atoms with Crippen LogP contribution in [-0.2, 0) is 29.0 Å². The van der Waals surface area contributed by atoms with E-state index in [0.717, 1.165) is 10.6 Å². The van der Waals surface area contributed by atoms with Gasteiger partial charge in [0.05, 0.1) is 36.3 Å². The number of hydrogen-bond acceptors (Lipinski definition) is 8. The Bertz CT molecular complexity index is 1350. The summed E-state index contributed by atoms with van der Waals surface area (Å²) in [5.74, 6) is -1.78. The molecule has 1 saturated heterocycles. The summed E-state index contributed by atoms with van der Waals surface area (Å²) >= 11 is 0. The minimum Gasteiger partial charge on any atom is -0.460 e. The lowest BCUT2D eigenvalue weighted by Crippen LogP contribution is -2.45. The Labute approximate surface area is 236 Å². The Kier molecular flexibility index (Phi) is 9.43. The molecule has 3 rings (SSSR count). The molecule has 1 fully saturated rings. The molecule has 0 radical (unpaired) electrons. The van der Waals surface area contributed by atoms with Crippen molar-refractivity contribution in [2.45, 2.75) is 90.8 Å². The molecule has 0 N–H and O–H groups in total. The Morgan fingerprint density at radius 3 is 2.38 bits per heavy atom. The van der Waals surface area contributed by atoms with Crippen molar-refractivity contribution < 1.29 is 31.8 Å². The van der Waals surface area contributed by atoms with Crippen LogP contribution >= 0.6 is 0 Å². The van der Waals surface area contributed by atoms with Gasteiger partial charge in [-0.05, 0) is 64.8 Å². The fourth-order valence-corrected chi connectivity index (χ4v) is 4.74. The molecule has 1 aromatic heterocycles. The van der Waals surface area contributed by atoms with Crippen molar-refractivity contribution in [2.24, 2.45) is 0 Å². The van der Waals surface area contributed by atoms with Crippen LogP contribution in [0.15, 0.2) is 30.3 Å². The van der Waals surface area contributed by atoms with E-state index < -0.39 is 39.4 Å². The van der Waals surface area contributed by atoms with Crippen LogP contribution in [0, 0.1) is 5.82 Å².